The minimum Gasteiger partial charge on any atom is -0.497 e. The molecule has 5 heteroatoms. The highest BCUT2D eigenvalue weighted by atomic mass is 79.9. The highest BCUT2D eigenvalue weighted by Gasteiger charge is 2.20. The molecule has 1 aliphatic rings. The van der Waals surface area contributed by atoms with Crippen LogP contribution in [-0.4, -0.2) is 37.6 Å². The first kappa shape index (κ1) is 16.3. The molecular weight excluding hydrogens is 332 g/mol. The molecule has 0 atom stereocenters. The maximum absolute atomic E-state index is 11.0. The Morgan fingerprint density at radius 1 is 1.43 bits per heavy atom. The van der Waals surface area contributed by atoms with Gasteiger partial charge in [0.05, 0.1) is 7.11 Å². The van der Waals surface area contributed by atoms with Crippen molar-refractivity contribution in [2.24, 2.45) is 5.92 Å². The number of hydrogen-bond donors (Lipinski definition) is 1. The van der Waals surface area contributed by atoms with E-state index in [4.69, 9.17) is 4.74 Å². The van der Waals surface area contributed by atoms with Gasteiger partial charge in [0.2, 0.25) is 5.91 Å². The van der Waals surface area contributed by atoms with Crippen LogP contribution < -0.4 is 10.1 Å². The SMILES string of the molecule is COc1ccc(Br)c(CN2CCC(CNC(C)=O)CC2)c1. The van der Waals surface area contributed by atoms with E-state index in [1.807, 2.05) is 12.1 Å². The fourth-order valence-electron chi connectivity index (χ4n) is 2.68. The first-order valence-electron chi connectivity index (χ1n) is 7.37. The molecular formula is C16H23BrN2O2. The van der Waals surface area contributed by atoms with E-state index in [-0.39, 0.29) is 5.91 Å². The summed E-state index contributed by atoms with van der Waals surface area (Å²) in [7, 11) is 1.69. The van der Waals surface area contributed by atoms with Crippen molar-refractivity contribution in [3.05, 3.63) is 28.2 Å². The van der Waals surface area contributed by atoms with E-state index >= 15 is 0 Å². The maximum atomic E-state index is 11.0. The molecule has 0 aromatic heterocycles. The lowest BCUT2D eigenvalue weighted by Crippen LogP contribution is -2.37. The molecule has 2 rings (SSSR count). The Labute approximate surface area is 135 Å². The first-order chi connectivity index (χ1) is 10.1. The molecule has 1 aromatic carbocycles. The number of hydrogen-bond acceptors (Lipinski definition) is 3. The van der Waals surface area contributed by atoms with Crippen LogP contribution in [0.5, 0.6) is 5.75 Å². The standard InChI is InChI=1S/C16H23BrN2O2/c1-12(20)18-10-13-5-7-19(8-6-13)11-14-9-15(21-2)3-4-16(14)17/h3-4,9,13H,5-8,10-11H2,1-2H3,(H,18,20). The minimum atomic E-state index is 0.0674. The maximum Gasteiger partial charge on any atom is 0.216 e. The molecule has 1 saturated heterocycles. The van der Waals surface area contributed by atoms with Gasteiger partial charge in [0.25, 0.3) is 0 Å². The topological polar surface area (TPSA) is 41.6 Å². The average Bonchev–Trinajstić information content (AvgIpc) is 2.48. The van der Waals surface area contributed by atoms with E-state index in [1.54, 1.807) is 14.0 Å². The molecule has 0 spiro atoms. The van der Waals surface area contributed by atoms with Gasteiger partial charge in [-0.15, -0.1) is 0 Å². The second-order valence-corrected chi connectivity index (χ2v) is 6.47. The Morgan fingerprint density at radius 3 is 2.76 bits per heavy atom. The summed E-state index contributed by atoms with van der Waals surface area (Å²) in [6.45, 7) is 5.48. The molecule has 1 aliphatic heterocycles. The molecule has 4 nitrogen and oxygen atoms in total. The number of rotatable bonds is 5. The van der Waals surface area contributed by atoms with Crippen molar-refractivity contribution < 1.29 is 9.53 Å². The van der Waals surface area contributed by atoms with Crippen LogP contribution in [0.4, 0.5) is 0 Å². The van der Waals surface area contributed by atoms with Crippen LogP contribution in [-0.2, 0) is 11.3 Å². The summed E-state index contributed by atoms with van der Waals surface area (Å²) in [5.74, 6) is 1.57. The van der Waals surface area contributed by atoms with Gasteiger partial charge in [-0.05, 0) is 55.6 Å². The molecule has 1 N–H and O–H groups in total. The second kappa shape index (κ2) is 7.80. The van der Waals surface area contributed by atoms with Crippen LogP contribution in [0.3, 0.4) is 0 Å². The van der Waals surface area contributed by atoms with Crippen molar-refractivity contribution in [1.29, 1.82) is 0 Å². The van der Waals surface area contributed by atoms with Crippen LogP contribution in [0.1, 0.15) is 25.3 Å². The third-order valence-corrected chi connectivity index (χ3v) is 4.77. The largest absolute Gasteiger partial charge is 0.497 e. The highest BCUT2D eigenvalue weighted by molar-refractivity contribution is 9.10. The molecule has 0 radical (unpaired) electrons. The number of nitrogens with zero attached hydrogens (tertiary/aromatic N) is 1. The molecule has 0 unspecified atom stereocenters. The van der Waals surface area contributed by atoms with Gasteiger partial charge in [-0.25, -0.2) is 0 Å². The molecule has 0 aliphatic carbocycles. The van der Waals surface area contributed by atoms with Crippen molar-refractivity contribution >= 4 is 21.8 Å². The lowest BCUT2D eigenvalue weighted by atomic mass is 9.96. The van der Waals surface area contributed by atoms with Gasteiger partial charge >= 0.3 is 0 Å². The summed E-state index contributed by atoms with van der Waals surface area (Å²) in [5, 5.41) is 2.92. The van der Waals surface area contributed by atoms with Gasteiger partial charge < -0.3 is 10.1 Å². The smallest absolute Gasteiger partial charge is 0.216 e. The third kappa shape index (κ3) is 5.00. The molecule has 116 valence electrons. The van der Waals surface area contributed by atoms with Crippen molar-refractivity contribution in [2.75, 3.05) is 26.7 Å². The van der Waals surface area contributed by atoms with Gasteiger partial charge in [-0.2, -0.15) is 0 Å². The molecule has 1 heterocycles. The molecule has 0 bridgehead atoms. The lowest BCUT2D eigenvalue weighted by Gasteiger charge is -2.32. The molecule has 21 heavy (non-hydrogen) atoms. The number of piperidine rings is 1. The fraction of sp³-hybridized carbons (Fsp3) is 0.562. The van der Waals surface area contributed by atoms with Crippen LogP contribution in [0.15, 0.2) is 22.7 Å². The third-order valence-electron chi connectivity index (χ3n) is 3.99. The van der Waals surface area contributed by atoms with E-state index in [2.05, 4.69) is 32.2 Å². The summed E-state index contributed by atoms with van der Waals surface area (Å²) in [6, 6.07) is 6.10. The number of amides is 1. The van der Waals surface area contributed by atoms with E-state index in [1.165, 1.54) is 5.56 Å². The van der Waals surface area contributed by atoms with Gasteiger partial charge in [0.1, 0.15) is 5.75 Å². The minimum absolute atomic E-state index is 0.0674. The number of carbonyl (C=O) groups excluding carboxylic acids is 1. The Hall–Kier alpha value is -1.07. The number of ether oxygens (including phenoxy) is 1. The van der Waals surface area contributed by atoms with Crippen LogP contribution in [0.25, 0.3) is 0 Å². The summed E-state index contributed by atoms with van der Waals surface area (Å²) in [5.41, 5.74) is 1.26. The van der Waals surface area contributed by atoms with Crippen molar-refractivity contribution in [1.82, 2.24) is 10.2 Å². The van der Waals surface area contributed by atoms with Crippen molar-refractivity contribution in [3.8, 4) is 5.75 Å². The summed E-state index contributed by atoms with van der Waals surface area (Å²) in [6.07, 6.45) is 2.28. The van der Waals surface area contributed by atoms with Crippen molar-refractivity contribution in [3.63, 3.8) is 0 Å². The van der Waals surface area contributed by atoms with E-state index in [9.17, 15) is 4.79 Å². The van der Waals surface area contributed by atoms with Gasteiger partial charge in [-0.1, -0.05) is 15.9 Å². The summed E-state index contributed by atoms with van der Waals surface area (Å²) in [4.78, 5) is 13.4. The summed E-state index contributed by atoms with van der Waals surface area (Å²) >= 11 is 3.61. The van der Waals surface area contributed by atoms with Crippen LogP contribution >= 0.6 is 15.9 Å². The van der Waals surface area contributed by atoms with Gasteiger partial charge in [0, 0.05) is 24.5 Å². The Balaban J connectivity index is 1.84. The normalized spacial score (nSPS) is 16.7. The zero-order valence-electron chi connectivity index (χ0n) is 12.7. The predicted molar refractivity (Wildman–Crippen MR) is 87.4 cm³/mol. The molecule has 1 amide bonds. The van der Waals surface area contributed by atoms with Gasteiger partial charge in [-0.3, -0.25) is 9.69 Å². The quantitative estimate of drug-likeness (QED) is 0.883. The number of carbonyl (C=O) groups is 1. The zero-order valence-corrected chi connectivity index (χ0v) is 14.3. The fourth-order valence-corrected chi connectivity index (χ4v) is 3.05. The van der Waals surface area contributed by atoms with Gasteiger partial charge in [0.15, 0.2) is 0 Å². The number of benzene rings is 1. The van der Waals surface area contributed by atoms with Crippen LogP contribution in [0.2, 0.25) is 0 Å². The number of halogens is 1. The number of methoxy groups -OCH3 is 1. The van der Waals surface area contributed by atoms with E-state index in [0.717, 1.165) is 49.2 Å². The molecule has 1 fully saturated rings. The van der Waals surface area contributed by atoms with Crippen molar-refractivity contribution in [2.45, 2.75) is 26.3 Å². The zero-order chi connectivity index (χ0) is 15.2. The van der Waals surface area contributed by atoms with Crippen LogP contribution in [0, 0.1) is 5.92 Å². The molecule has 0 saturated carbocycles. The Morgan fingerprint density at radius 2 is 2.14 bits per heavy atom. The first-order valence-corrected chi connectivity index (χ1v) is 8.17. The lowest BCUT2D eigenvalue weighted by molar-refractivity contribution is -0.119. The average molecular weight is 355 g/mol. The predicted octanol–water partition coefficient (Wildman–Crippen LogP) is 2.81. The monoisotopic (exact) mass is 354 g/mol. The number of likely N-dealkylation sites (tertiary alicyclic amines) is 1. The number of nitrogens with one attached hydrogen (secondary N) is 1. The molecule has 1 aromatic rings. The Kier molecular flexibility index (Phi) is 6.06. The second-order valence-electron chi connectivity index (χ2n) is 5.61. The highest BCUT2D eigenvalue weighted by Crippen LogP contribution is 2.25. The van der Waals surface area contributed by atoms with E-state index in [0.29, 0.717) is 5.92 Å². The van der Waals surface area contributed by atoms with E-state index < -0.39 is 0 Å². The summed E-state index contributed by atoms with van der Waals surface area (Å²) < 4.78 is 6.42. The Bertz CT molecular complexity index is 485.